The van der Waals surface area contributed by atoms with E-state index < -0.39 is 5.97 Å². The second-order valence-corrected chi connectivity index (χ2v) is 7.49. The molecule has 0 bridgehead atoms. The van der Waals surface area contributed by atoms with Crippen molar-refractivity contribution >= 4 is 15.9 Å². The van der Waals surface area contributed by atoms with Gasteiger partial charge in [0.2, 0.25) is 0 Å². The van der Waals surface area contributed by atoms with E-state index in [4.69, 9.17) is 0 Å². The second-order valence-electron chi connectivity index (χ2n) is 7.49. The molecule has 4 heteroatoms. The third kappa shape index (κ3) is 29.4. The molecule has 0 aromatic carbocycles. The molecule has 26 heavy (non-hydrogen) atoms. The van der Waals surface area contributed by atoms with Crippen LogP contribution in [0.15, 0.2) is 0 Å². The van der Waals surface area contributed by atoms with Crippen molar-refractivity contribution in [2.75, 3.05) is 0 Å². The van der Waals surface area contributed by atoms with E-state index >= 15 is 0 Å². The van der Waals surface area contributed by atoms with Gasteiger partial charge in [0, 0.05) is 5.97 Å². The average molecular weight is 482 g/mol. The first-order valence-corrected chi connectivity index (χ1v) is 11.0. The zero-order valence-corrected chi connectivity index (χ0v) is 21.2. The van der Waals surface area contributed by atoms with Crippen molar-refractivity contribution < 1.29 is 32.3 Å². The van der Waals surface area contributed by atoms with Gasteiger partial charge in [-0.1, -0.05) is 122 Å². The smallest absolute Gasteiger partial charge is 0.550 e. The molecule has 0 spiro atoms. The summed E-state index contributed by atoms with van der Waals surface area (Å²) in [4.78, 5) is 10.3. The van der Waals surface area contributed by atoms with Crippen LogP contribution in [0.25, 0.3) is 0 Å². The SMILES string of the molecule is CCCCCCCCCCCCCCCCCCCCCC(=O)[O-].[Ag+].[PH4+]. The van der Waals surface area contributed by atoms with Gasteiger partial charge >= 0.3 is 22.4 Å². The van der Waals surface area contributed by atoms with Gasteiger partial charge in [-0.15, -0.1) is 0 Å². The normalized spacial score (nSPS) is 10.2. The van der Waals surface area contributed by atoms with Crippen LogP contribution in [0.4, 0.5) is 0 Å². The minimum atomic E-state index is -0.901. The van der Waals surface area contributed by atoms with Gasteiger partial charge in [-0.25, -0.2) is 0 Å². The Morgan fingerprint density at radius 2 is 0.769 bits per heavy atom. The Hall–Kier alpha value is 0.640. The van der Waals surface area contributed by atoms with Crippen LogP contribution in [0.3, 0.4) is 0 Å². The number of unbranched alkanes of at least 4 members (excludes halogenated alkanes) is 18. The van der Waals surface area contributed by atoms with E-state index in [1.165, 1.54) is 109 Å². The molecule has 0 rings (SSSR count). The van der Waals surface area contributed by atoms with Gasteiger partial charge in [-0.3, -0.25) is 0 Å². The molecule has 0 fully saturated rings. The Morgan fingerprint density at radius 1 is 0.538 bits per heavy atom. The molecule has 0 aliphatic carbocycles. The molecule has 0 aliphatic heterocycles. The van der Waals surface area contributed by atoms with E-state index in [0.717, 1.165) is 12.8 Å². The van der Waals surface area contributed by atoms with Gasteiger partial charge in [-0.2, -0.15) is 0 Å². The molecule has 0 radical (unpaired) electrons. The van der Waals surface area contributed by atoms with Crippen LogP contribution >= 0.6 is 9.90 Å². The fourth-order valence-corrected chi connectivity index (χ4v) is 3.35. The summed E-state index contributed by atoms with van der Waals surface area (Å²) < 4.78 is 0. The maximum absolute atomic E-state index is 10.3. The Morgan fingerprint density at radius 3 is 1.00 bits per heavy atom. The van der Waals surface area contributed by atoms with Gasteiger partial charge in [0.25, 0.3) is 0 Å². The first-order chi connectivity index (χ1) is 11.8. The number of aliphatic carboxylic acids is 1. The molecule has 2 nitrogen and oxygen atoms in total. The first-order valence-electron chi connectivity index (χ1n) is 11.0. The molecular formula is C22H47AgO2P+. The van der Waals surface area contributed by atoms with Crippen molar-refractivity contribution in [1.29, 1.82) is 0 Å². The summed E-state index contributed by atoms with van der Waals surface area (Å²) in [6, 6.07) is 0. The van der Waals surface area contributed by atoms with Crippen molar-refractivity contribution in [2.24, 2.45) is 0 Å². The minimum absolute atomic E-state index is 0. The van der Waals surface area contributed by atoms with Gasteiger partial charge < -0.3 is 9.90 Å². The second kappa shape index (κ2) is 27.9. The van der Waals surface area contributed by atoms with Gasteiger partial charge in [0.15, 0.2) is 0 Å². The van der Waals surface area contributed by atoms with Crippen LogP contribution in [0.5, 0.6) is 0 Å². The van der Waals surface area contributed by atoms with Crippen LogP contribution in [0, 0.1) is 0 Å². The van der Waals surface area contributed by atoms with Crippen LogP contribution in [-0.2, 0) is 27.2 Å². The van der Waals surface area contributed by atoms with E-state index in [9.17, 15) is 9.90 Å². The molecule has 162 valence electrons. The van der Waals surface area contributed by atoms with Gasteiger partial charge in [0.1, 0.15) is 0 Å². The summed E-state index contributed by atoms with van der Waals surface area (Å²) in [5, 5.41) is 10.3. The number of hydrogen-bond donors (Lipinski definition) is 0. The molecule has 0 saturated heterocycles. The summed E-state index contributed by atoms with van der Waals surface area (Å²) in [5.41, 5.74) is 0. The zero-order valence-electron chi connectivity index (χ0n) is 17.8. The number of hydrogen-bond acceptors (Lipinski definition) is 2. The van der Waals surface area contributed by atoms with E-state index in [-0.39, 0.29) is 38.7 Å². The average Bonchev–Trinajstić information content (AvgIpc) is 2.56. The molecule has 1 unspecified atom stereocenters. The predicted molar refractivity (Wildman–Crippen MR) is 116 cm³/mol. The predicted octanol–water partition coefficient (Wildman–Crippen LogP) is 6.35. The van der Waals surface area contributed by atoms with Crippen LogP contribution in [-0.4, -0.2) is 5.97 Å². The molecular weight excluding hydrogens is 435 g/mol. The summed E-state index contributed by atoms with van der Waals surface area (Å²) in [6.45, 7) is 2.28. The van der Waals surface area contributed by atoms with Crippen molar-refractivity contribution in [3.8, 4) is 0 Å². The Bertz CT molecular complexity index is 263. The summed E-state index contributed by atoms with van der Waals surface area (Å²) in [6.07, 6.45) is 25.7. The maximum Gasteiger partial charge on any atom is 1.00 e. The monoisotopic (exact) mass is 481 g/mol. The van der Waals surface area contributed by atoms with Crippen LogP contribution in [0.2, 0.25) is 0 Å². The van der Waals surface area contributed by atoms with Crippen molar-refractivity contribution in [3.05, 3.63) is 0 Å². The first kappa shape index (κ1) is 31.3. The molecule has 0 amide bonds. The molecule has 0 N–H and O–H groups in total. The largest absolute Gasteiger partial charge is 1.00 e. The molecule has 0 heterocycles. The van der Waals surface area contributed by atoms with Crippen LogP contribution < -0.4 is 5.11 Å². The molecule has 0 aliphatic rings. The number of rotatable bonds is 20. The fourth-order valence-electron chi connectivity index (χ4n) is 3.35. The number of carboxylic acid groups (broad SMARTS) is 1. The van der Waals surface area contributed by atoms with E-state index in [1.54, 1.807) is 0 Å². The zero-order chi connectivity index (χ0) is 17.7. The van der Waals surface area contributed by atoms with E-state index in [0.29, 0.717) is 0 Å². The quantitative estimate of drug-likeness (QED) is 0.115. The molecule has 1 atom stereocenters. The number of carboxylic acids is 1. The Balaban J connectivity index is -0.00000264. The standard InChI is InChI=1S/C22H44O2.Ag.H3P/c1-2-3-4-5-6-7-8-9-10-11-12-13-14-15-16-17-18-19-20-21-22(23)24;;/h2-21H2,1H3,(H,23,24);;1H3/q;+1;. The Kier molecular flexibility index (Phi) is 33.6. The van der Waals surface area contributed by atoms with Gasteiger partial charge in [-0.05, 0) is 22.7 Å². The Labute approximate surface area is 183 Å². The minimum Gasteiger partial charge on any atom is -0.550 e. The van der Waals surface area contributed by atoms with E-state index in [1.807, 2.05) is 0 Å². The van der Waals surface area contributed by atoms with E-state index in [2.05, 4.69) is 6.92 Å². The molecule has 0 aromatic rings. The van der Waals surface area contributed by atoms with Crippen molar-refractivity contribution in [2.45, 2.75) is 135 Å². The summed E-state index contributed by atoms with van der Waals surface area (Å²) in [7, 11) is 0. The third-order valence-electron chi connectivity index (χ3n) is 4.98. The molecule has 0 aromatic heterocycles. The summed E-state index contributed by atoms with van der Waals surface area (Å²) >= 11 is 0. The van der Waals surface area contributed by atoms with Crippen molar-refractivity contribution in [1.82, 2.24) is 0 Å². The maximum atomic E-state index is 10.3. The number of carbonyl (C=O) groups excluding carboxylic acids is 1. The molecule has 0 saturated carbocycles. The third-order valence-corrected chi connectivity index (χ3v) is 4.98. The topological polar surface area (TPSA) is 40.1 Å². The van der Waals surface area contributed by atoms with Crippen LogP contribution in [0.1, 0.15) is 135 Å². The fraction of sp³-hybridized carbons (Fsp3) is 0.955. The van der Waals surface area contributed by atoms with Gasteiger partial charge in [0.05, 0.1) is 0 Å². The van der Waals surface area contributed by atoms with Crippen molar-refractivity contribution in [3.63, 3.8) is 0 Å². The number of carbonyl (C=O) groups is 1. The summed E-state index contributed by atoms with van der Waals surface area (Å²) in [5.74, 6) is -0.901.